The van der Waals surface area contributed by atoms with Crippen LogP contribution in [0.4, 0.5) is 0 Å². The van der Waals surface area contributed by atoms with Crippen molar-refractivity contribution in [3.8, 4) is 0 Å². The van der Waals surface area contributed by atoms with E-state index in [-0.39, 0.29) is 31.1 Å². The van der Waals surface area contributed by atoms with E-state index in [2.05, 4.69) is 69.4 Å². The van der Waals surface area contributed by atoms with Gasteiger partial charge in [0.25, 0.3) is 0 Å². The summed E-state index contributed by atoms with van der Waals surface area (Å²) in [5, 5.41) is 0. The molecule has 6 heteroatoms. The molecule has 75 heavy (non-hydrogen) atoms. The number of carbonyl (C=O) groups is 3. The Hall–Kier alpha value is -2.63. The van der Waals surface area contributed by atoms with E-state index in [0.717, 1.165) is 77.0 Å². The largest absolute Gasteiger partial charge is 0.462 e. The van der Waals surface area contributed by atoms with Gasteiger partial charge in [-0.05, 0) is 103 Å². The van der Waals surface area contributed by atoms with Gasteiger partial charge in [-0.1, -0.05) is 281 Å². The van der Waals surface area contributed by atoms with Crippen molar-refractivity contribution < 1.29 is 28.6 Å². The minimum Gasteiger partial charge on any atom is -0.462 e. The number of carbonyl (C=O) groups excluding carboxylic acids is 3. The molecular formula is C69H126O6. The topological polar surface area (TPSA) is 78.9 Å². The highest BCUT2D eigenvalue weighted by molar-refractivity contribution is 5.71. The third-order valence-electron chi connectivity index (χ3n) is 14.8. The second-order valence-corrected chi connectivity index (χ2v) is 22.4. The van der Waals surface area contributed by atoms with Crippen LogP contribution in [0.2, 0.25) is 0 Å². The third kappa shape index (κ3) is 62.1. The van der Waals surface area contributed by atoms with E-state index in [1.807, 2.05) is 0 Å². The predicted molar refractivity (Wildman–Crippen MR) is 325 cm³/mol. The molecule has 1 unspecified atom stereocenters. The maximum Gasteiger partial charge on any atom is 0.306 e. The average molecular weight is 1050 g/mol. The highest BCUT2D eigenvalue weighted by Crippen LogP contribution is 2.17. The Morgan fingerprint density at radius 2 is 0.480 bits per heavy atom. The highest BCUT2D eigenvalue weighted by Gasteiger charge is 2.19. The molecule has 0 saturated carbocycles. The molecule has 6 nitrogen and oxygen atoms in total. The van der Waals surface area contributed by atoms with Gasteiger partial charge in [0.05, 0.1) is 0 Å². The van der Waals surface area contributed by atoms with E-state index in [0.29, 0.717) is 19.3 Å². The highest BCUT2D eigenvalue weighted by atomic mass is 16.6. The predicted octanol–water partition coefficient (Wildman–Crippen LogP) is 22.6. The molecule has 0 aromatic heterocycles. The molecule has 0 aliphatic rings. The van der Waals surface area contributed by atoms with Gasteiger partial charge in [0, 0.05) is 19.3 Å². The molecule has 0 spiro atoms. The van der Waals surface area contributed by atoms with E-state index in [9.17, 15) is 14.4 Å². The first-order valence-corrected chi connectivity index (χ1v) is 33.1. The molecule has 0 fully saturated rings. The molecule has 438 valence electrons. The van der Waals surface area contributed by atoms with Gasteiger partial charge in [0.1, 0.15) is 13.2 Å². The number of rotatable bonds is 61. The summed E-state index contributed by atoms with van der Waals surface area (Å²) in [7, 11) is 0. The first kappa shape index (κ1) is 72.4. The second kappa shape index (κ2) is 63.9. The molecule has 0 rings (SSSR count). The van der Waals surface area contributed by atoms with Gasteiger partial charge >= 0.3 is 17.9 Å². The van der Waals surface area contributed by atoms with Crippen molar-refractivity contribution >= 4 is 17.9 Å². The molecule has 0 N–H and O–H groups in total. The van der Waals surface area contributed by atoms with Gasteiger partial charge < -0.3 is 14.2 Å². The fourth-order valence-electron chi connectivity index (χ4n) is 9.76. The summed E-state index contributed by atoms with van der Waals surface area (Å²) in [5.41, 5.74) is 0. The fraction of sp³-hybridized carbons (Fsp3) is 0.841. The number of allylic oxidation sites excluding steroid dienone is 8. The van der Waals surface area contributed by atoms with Crippen molar-refractivity contribution in [1.82, 2.24) is 0 Å². The van der Waals surface area contributed by atoms with Gasteiger partial charge in [0.2, 0.25) is 0 Å². The van der Waals surface area contributed by atoms with Crippen LogP contribution in [0.5, 0.6) is 0 Å². The van der Waals surface area contributed by atoms with Crippen molar-refractivity contribution in [2.75, 3.05) is 13.2 Å². The minimum absolute atomic E-state index is 0.0774. The SMILES string of the molecule is CCCCCC/C=C\C/C=C\CCCCCCCC(=O)OCC(COC(=O)CCCCCCCCCCCCC/C=C\CCCCCCCCCC)OC(=O)CCCCCCCCC/C=C\CCCCCCCCC. The maximum atomic E-state index is 12.9. The van der Waals surface area contributed by atoms with Crippen LogP contribution in [0.15, 0.2) is 48.6 Å². The Kier molecular flexibility index (Phi) is 61.7. The molecule has 0 radical (unpaired) electrons. The van der Waals surface area contributed by atoms with Crippen molar-refractivity contribution in [2.24, 2.45) is 0 Å². The van der Waals surface area contributed by atoms with E-state index < -0.39 is 6.10 Å². The quantitative estimate of drug-likeness (QED) is 0.0261. The summed E-state index contributed by atoms with van der Waals surface area (Å²) in [6.45, 7) is 6.66. The lowest BCUT2D eigenvalue weighted by atomic mass is 10.0. The number of hydrogen-bond acceptors (Lipinski definition) is 6. The Balaban J connectivity index is 4.33. The molecule has 0 amide bonds. The standard InChI is InChI=1S/C69H126O6/c1-4-7-10-13-16-19-22-25-28-31-33-34-35-36-37-39-41-44-47-50-53-56-59-62-68(71)74-65-66(64-73-67(70)61-58-55-52-49-46-43-40-30-27-24-21-18-15-12-9-6-3)75-69(72)63-60-57-54-51-48-45-42-38-32-29-26-23-20-17-14-11-8-5-2/h21,24,29-33,40,66H,4-20,22-23,25-28,34-39,41-65H2,1-3H3/b24-21-,32-29-,33-31-,40-30-. The van der Waals surface area contributed by atoms with Gasteiger partial charge in [0.15, 0.2) is 6.10 Å². The van der Waals surface area contributed by atoms with E-state index in [4.69, 9.17) is 14.2 Å². The molecule has 0 aliphatic carbocycles. The van der Waals surface area contributed by atoms with Gasteiger partial charge in [-0.15, -0.1) is 0 Å². The molecule has 0 heterocycles. The second-order valence-electron chi connectivity index (χ2n) is 22.4. The summed E-state index contributed by atoms with van der Waals surface area (Å²) in [6.07, 6.45) is 79.7. The van der Waals surface area contributed by atoms with Crippen molar-refractivity contribution in [2.45, 2.75) is 361 Å². The van der Waals surface area contributed by atoms with Crippen molar-refractivity contribution in [1.29, 1.82) is 0 Å². The lowest BCUT2D eigenvalue weighted by molar-refractivity contribution is -0.167. The van der Waals surface area contributed by atoms with Gasteiger partial charge in [-0.2, -0.15) is 0 Å². The number of ether oxygens (including phenoxy) is 3. The molecule has 0 aromatic rings. The van der Waals surface area contributed by atoms with Crippen LogP contribution in [0, 0.1) is 0 Å². The molecular weight excluding hydrogens is 925 g/mol. The summed E-state index contributed by atoms with van der Waals surface area (Å²) >= 11 is 0. The Morgan fingerprint density at radius 3 is 0.760 bits per heavy atom. The normalized spacial score (nSPS) is 12.3. The Morgan fingerprint density at radius 1 is 0.267 bits per heavy atom. The molecule has 0 aromatic carbocycles. The fourth-order valence-corrected chi connectivity index (χ4v) is 9.76. The molecule has 0 saturated heterocycles. The van der Waals surface area contributed by atoms with Gasteiger partial charge in [-0.25, -0.2) is 0 Å². The van der Waals surface area contributed by atoms with Crippen LogP contribution in [0.25, 0.3) is 0 Å². The zero-order valence-electron chi connectivity index (χ0n) is 50.3. The van der Waals surface area contributed by atoms with Crippen LogP contribution in [0.1, 0.15) is 355 Å². The van der Waals surface area contributed by atoms with Crippen molar-refractivity contribution in [3.05, 3.63) is 48.6 Å². The molecule has 1 atom stereocenters. The summed E-state index contributed by atoms with van der Waals surface area (Å²) in [6, 6.07) is 0. The van der Waals surface area contributed by atoms with Crippen molar-refractivity contribution in [3.63, 3.8) is 0 Å². The first-order valence-electron chi connectivity index (χ1n) is 33.1. The average Bonchev–Trinajstić information content (AvgIpc) is 3.41. The monoisotopic (exact) mass is 1050 g/mol. The van der Waals surface area contributed by atoms with Crippen LogP contribution in [0.3, 0.4) is 0 Å². The van der Waals surface area contributed by atoms with Crippen LogP contribution >= 0.6 is 0 Å². The lowest BCUT2D eigenvalue weighted by Crippen LogP contribution is -2.30. The van der Waals surface area contributed by atoms with E-state index >= 15 is 0 Å². The van der Waals surface area contributed by atoms with Crippen LogP contribution < -0.4 is 0 Å². The third-order valence-corrected chi connectivity index (χ3v) is 14.8. The van der Waals surface area contributed by atoms with Gasteiger partial charge in [-0.3, -0.25) is 14.4 Å². The molecule has 0 bridgehead atoms. The first-order chi connectivity index (χ1) is 37.0. The lowest BCUT2D eigenvalue weighted by Gasteiger charge is -2.18. The Labute approximate surface area is 467 Å². The van der Waals surface area contributed by atoms with Crippen LogP contribution in [-0.4, -0.2) is 37.2 Å². The minimum atomic E-state index is -0.782. The summed E-state index contributed by atoms with van der Waals surface area (Å²) < 4.78 is 16.9. The smallest absolute Gasteiger partial charge is 0.306 e. The van der Waals surface area contributed by atoms with Crippen LogP contribution in [-0.2, 0) is 28.6 Å². The zero-order valence-corrected chi connectivity index (χ0v) is 50.3. The Bertz CT molecular complexity index is 1300. The summed E-state index contributed by atoms with van der Waals surface area (Å²) in [4.78, 5) is 38.4. The summed E-state index contributed by atoms with van der Waals surface area (Å²) in [5.74, 6) is -0.876. The van der Waals surface area contributed by atoms with E-state index in [1.54, 1.807) is 0 Å². The number of unbranched alkanes of at least 4 members (excludes halogenated alkanes) is 42. The number of esters is 3. The zero-order chi connectivity index (χ0) is 54.3. The number of hydrogen-bond donors (Lipinski definition) is 0. The van der Waals surface area contributed by atoms with E-state index in [1.165, 1.54) is 238 Å². The maximum absolute atomic E-state index is 12.9. The molecule has 0 aliphatic heterocycles.